The van der Waals surface area contributed by atoms with Crippen LogP contribution in [-0.4, -0.2) is 37.2 Å². The normalized spacial score (nSPS) is 12.1. The van der Waals surface area contributed by atoms with Gasteiger partial charge in [0.15, 0.2) is 6.10 Å². The molecule has 0 aromatic rings. The second-order valence-corrected chi connectivity index (χ2v) is 24.9. The van der Waals surface area contributed by atoms with Gasteiger partial charge in [-0.15, -0.1) is 0 Å². The summed E-state index contributed by atoms with van der Waals surface area (Å²) < 4.78 is 16.9. The van der Waals surface area contributed by atoms with Gasteiger partial charge in [-0.1, -0.05) is 366 Å². The van der Waals surface area contributed by atoms with E-state index in [9.17, 15) is 14.4 Å². The Kier molecular flexibility index (Phi) is 67.6. The van der Waals surface area contributed by atoms with Gasteiger partial charge in [0, 0.05) is 19.3 Å². The van der Waals surface area contributed by atoms with Gasteiger partial charge in [0.2, 0.25) is 0 Å². The second-order valence-electron chi connectivity index (χ2n) is 24.9. The van der Waals surface area contributed by atoms with Crippen molar-refractivity contribution in [1.29, 1.82) is 0 Å². The van der Waals surface area contributed by atoms with E-state index in [2.05, 4.69) is 45.1 Å². The summed E-state index contributed by atoms with van der Waals surface area (Å²) in [6.45, 7) is 6.67. The van der Waals surface area contributed by atoms with Crippen molar-refractivity contribution in [2.24, 2.45) is 0 Å². The Morgan fingerprint density at radius 2 is 0.450 bits per heavy atom. The van der Waals surface area contributed by atoms with Crippen LogP contribution in [0.1, 0.15) is 412 Å². The number of hydrogen-bond acceptors (Lipinski definition) is 6. The molecule has 0 fully saturated rings. The Hall–Kier alpha value is -2.11. The van der Waals surface area contributed by atoms with Gasteiger partial charge < -0.3 is 14.2 Å². The van der Waals surface area contributed by atoms with E-state index in [0.29, 0.717) is 19.3 Å². The number of esters is 3. The number of hydrogen-bond donors (Lipinski definition) is 0. The Morgan fingerprint density at radius 3 is 0.713 bits per heavy atom. The van der Waals surface area contributed by atoms with Gasteiger partial charge in [0.05, 0.1) is 0 Å². The van der Waals surface area contributed by atoms with Crippen molar-refractivity contribution in [1.82, 2.24) is 0 Å². The predicted octanol–water partition coefficient (Wildman–Crippen LogP) is 25.0. The highest BCUT2D eigenvalue weighted by Gasteiger charge is 2.19. The molecule has 6 nitrogen and oxygen atoms in total. The number of ether oxygens (including phenoxy) is 3. The van der Waals surface area contributed by atoms with Crippen LogP contribution in [0.15, 0.2) is 24.3 Å². The summed E-state index contributed by atoms with van der Waals surface area (Å²) in [7, 11) is 0. The van der Waals surface area contributed by atoms with E-state index >= 15 is 0 Å². The van der Waals surface area contributed by atoms with Crippen LogP contribution in [0.5, 0.6) is 0 Å². The van der Waals surface area contributed by atoms with Crippen LogP contribution in [-0.2, 0) is 28.6 Å². The zero-order chi connectivity index (χ0) is 57.8. The maximum Gasteiger partial charge on any atom is 0.306 e. The summed E-state index contributed by atoms with van der Waals surface area (Å²) in [6, 6.07) is 0. The Bertz CT molecular complexity index is 1290. The van der Waals surface area contributed by atoms with Crippen molar-refractivity contribution in [3.63, 3.8) is 0 Å². The van der Waals surface area contributed by atoms with Crippen molar-refractivity contribution < 1.29 is 28.6 Å². The molecule has 0 bridgehead atoms. The molecule has 0 aliphatic heterocycles. The summed E-state index contributed by atoms with van der Waals surface area (Å²) in [4.78, 5) is 38.3. The molecule has 0 saturated heterocycles. The number of carbonyl (C=O) groups is 3. The molecule has 0 spiro atoms. The minimum absolute atomic E-state index is 0.0687. The molecule has 0 amide bonds. The lowest BCUT2D eigenvalue weighted by molar-refractivity contribution is -0.167. The molecule has 1 atom stereocenters. The van der Waals surface area contributed by atoms with E-state index in [-0.39, 0.29) is 31.1 Å². The van der Waals surface area contributed by atoms with E-state index in [1.54, 1.807) is 0 Å². The van der Waals surface area contributed by atoms with Crippen molar-refractivity contribution >= 4 is 17.9 Å². The molecule has 0 rings (SSSR count). The second kappa shape index (κ2) is 69.4. The molecule has 0 aromatic heterocycles. The minimum Gasteiger partial charge on any atom is -0.462 e. The lowest BCUT2D eigenvalue weighted by atomic mass is 10.0. The first-order chi connectivity index (χ1) is 39.5. The van der Waals surface area contributed by atoms with E-state index < -0.39 is 6.10 Å². The third-order valence-electron chi connectivity index (χ3n) is 16.7. The monoisotopic (exact) mass is 1130 g/mol. The smallest absolute Gasteiger partial charge is 0.306 e. The average Bonchev–Trinajstić information content (AvgIpc) is 3.46. The van der Waals surface area contributed by atoms with Gasteiger partial charge in [-0.05, 0) is 51.4 Å². The van der Waals surface area contributed by atoms with Crippen molar-refractivity contribution in [3.8, 4) is 0 Å². The summed E-state index contributed by atoms with van der Waals surface area (Å²) in [5.74, 6) is -0.851. The molecule has 0 saturated carbocycles. The highest BCUT2D eigenvalue weighted by Crippen LogP contribution is 2.19. The Labute approximate surface area is 500 Å². The molecule has 0 N–H and O–H groups in total. The van der Waals surface area contributed by atoms with Gasteiger partial charge in [-0.2, -0.15) is 0 Å². The quantitative estimate of drug-likeness (QED) is 0.0261. The van der Waals surface area contributed by atoms with Gasteiger partial charge in [0.1, 0.15) is 13.2 Å². The minimum atomic E-state index is -0.771. The topological polar surface area (TPSA) is 78.9 Å². The number of allylic oxidation sites excluding steroid dienone is 4. The summed E-state index contributed by atoms with van der Waals surface area (Å²) in [5, 5.41) is 0. The molecule has 0 aliphatic carbocycles. The Morgan fingerprint density at radius 1 is 0.250 bits per heavy atom. The van der Waals surface area contributed by atoms with Crippen LogP contribution in [0, 0.1) is 0 Å². The van der Waals surface area contributed by atoms with E-state index in [1.807, 2.05) is 0 Å². The number of carbonyl (C=O) groups excluding carboxylic acids is 3. The Balaban J connectivity index is 3.99. The zero-order valence-electron chi connectivity index (χ0n) is 54.4. The van der Waals surface area contributed by atoms with Crippen LogP contribution in [0.2, 0.25) is 0 Å². The fraction of sp³-hybridized carbons (Fsp3) is 0.905. The molecule has 80 heavy (non-hydrogen) atoms. The highest BCUT2D eigenvalue weighted by atomic mass is 16.6. The van der Waals surface area contributed by atoms with Crippen molar-refractivity contribution in [2.75, 3.05) is 13.2 Å². The standard InChI is InChI=1S/C74H140O6/c1-4-7-10-13-16-19-22-24-26-28-29-30-31-32-33-34-35-36-37-38-39-40-41-42-43-44-45-47-48-50-52-55-58-61-64-67-73(76)79-70-71(69-78-72(75)66-63-60-57-54-21-18-15-12-9-6-3)80-74(77)68-65-62-59-56-53-51-49-46-27-25-23-20-17-14-11-8-5-2/h17,20,25,27,71H,4-16,18-19,21-24,26,28-70H2,1-3H3/b20-17-,27-25-. The van der Waals surface area contributed by atoms with Crippen LogP contribution >= 0.6 is 0 Å². The van der Waals surface area contributed by atoms with E-state index in [0.717, 1.165) is 70.6 Å². The SMILES string of the molecule is CCCCC/C=C\C/C=C\CCCCCCCCCC(=O)OC(COC(=O)CCCCCCCCCCCC)COC(=O)CCCCCCCCCCCCCCCCCCCCCCCCCCCCCCCCCCCCC. The van der Waals surface area contributed by atoms with E-state index in [4.69, 9.17) is 14.2 Å². The first-order valence-corrected chi connectivity index (χ1v) is 36.3. The van der Waals surface area contributed by atoms with Gasteiger partial charge >= 0.3 is 17.9 Å². The first-order valence-electron chi connectivity index (χ1n) is 36.3. The molecule has 1 unspecified atom stereocenters. The lowest BCUT2D eigenvalue weighted by Gasteiger charge is -2.18. The van der Waals surface area contributed by atoms with Gasteiger partial charge in [-0.25, -0.2) is 0 Å². The summed E-state index contributed by atoms with van der Waals surface area (Å²) >= 11 is 0. The number of rotatable bonds is 68. The molecule has 0 heterocycles. The molecular formula is C74H140O6. The van der Waals surface area contributed by atoms with Gasteiger partial charge in [-0.3, -0.25) is 14.4 Å². The fourth-order valence-electron chi connectivity index (χ4n) is 11.2. The van der Waals surface area contributed by atoms with Crippen molar-refractivity contribution in [3.05, 3.63) is 24.3 Å². The first kappa shape index (κ1) is 77.9. The van der Waals surface area contributed by atoms with Crippen LogP contribution in [0.3, 0.4) is 0 Å². The summed E-state index contributed by atoms with van der Waals surface area (Å²) in [6.07, 6.45) is 85.3. The molecular weight excluding hydrogens is 985 g/mol. The van der Waals surface area contributed by atoms with Gasteiger partial charge in [0.25, 0.3) is 0 Å². The summed E-state index contributed by atoms with van der Waals surface area (Å²) in [5.41, 5.74) is 0. The largest absolute Gasteiger partial charge is 0.462 e. The highest BCUT2D eigenvalue weighted by molar-refractivity contribution is 5.71. The van der Waals surface area contributed by atoms with Crippen LogP contribution in [0.25, 0.3) is 0 Å². The molecule has 0 aliphatic rings. The lowest BCUT2D eigenvalue weighted by Crippen LogP contribution is -2.30. The molecule has 472 valence electrons. The van der Waals surface area contributed by atoms with Crippen molar-refractivity contribution in [2.45, 2.75) is 419 Å². The van der Waals surface area contributed by atoms with Crippen LogP contribution < -0.4 is 0 Å². The third-order valence-corrected chi connectivity index (χ3v) is 16.7. The fourth-order valence-corrected chi connectivity index (χ4v) is 11.2. The molecule has 0 aromatic carbocycles. The third kappa shape index (κ3) is 66.7. The number of unbranched alkanes of at least 4 members (excludes halogenated alkanes) is 53. The predicted molar refractivity (Wildman–Crippen MR) is 349 cm³/mol. The molecule has 6 heteroatoms. The maximum atomic E-state index is 12.9. The van der Waals surface area contributed by atoms with E-state index in [1.165, 1.54) is 302 Å². The average molecular weight is 1130 g/mol. The maximum absolute atomic E-state index is 12.9. The zero-order valence-corrected chi connectivity index (χ0v) is 54.4. The molecule has 0 radical (unpaired) electrons. The van der Waals surface area contributed by atoms with Crippen LogP contribution in [0.4, 0.5) is 0 Å².